The lowest BCUT2D eigenvalue weighted by atomic mass is 9.82. The van der Waals surface area contributed by atoms with Gasteiger partial charge in [0.1, 0.15) is 20.0 Å². The lowest BCUT2D eigenvalue weighted by Crippen LogP contribution is -2.14. The highest BCUT2D eigenvalue weighted by molar-refractivity contribution is 7.16. The van der Waals surface area contributed by atoms with Gasteiger partial charge in [-0.15, -0.1) is 40.8 Å². The van der Waals surface area contributed by atoms with E-state index >= 15 is 0 Å². The molecule has 16 nitrogen and oxygen atoms in total. The summed E-state index contributed by atoms with van der Waals surface area (Å²) in [5.74, 6) is 1.11. The molecule has 2 fully saturated rings. The summed E-state index contributed by atoms with van der Waals surface area (Å²) in [5, 5.41) is 44.9. The van der Waals surface area contributed by atoms with Gasteiger partial charge in [-0.2, -0.15) is 0 Å². The van der Waals surface area contributed by atoms with Gasteiger partial charge >= 0.3 is 0 Å². The Balaban J connectivity index is 0.000000167. The second kappa shape index (κ2) is 17.9. The van der Waals surface area contributed by atoms with Gasteiger partial charge in [-0.3, -0.25) is 19.6 Å². The Morgan fingerprint density at radius 2 is 0.944 bits per heavy atom. The van der Waals surface area contributed by atoms with Crippen LogP contribution in [0.15, 0.2) is 48.8 Å². The molecule has 6 aromatic rings. The molecule has 0 unspecified atom stereocenters. The molecule has 0 saturated heterocycles. The van der Waals surface area contributed by atoms with E-state index in [1.54, 1.807) is 12.4 Å². The number of nitrogen functional groups attached to an aromatic ring is 2. The summed E-state index contributed by atoms with van der Waals surface area (Å²) < 4.78 is 0. The van der Waals surface area contributed by atoms with Crippen LogP contribution in [0.3, 0.4) is 0 Å². The number of pyridine rings is 2. The number of amides is 2. The first-order valence-electron chi connectivity index (χ1n) is 17.6. The minimum atomic E-state index is -0.137. The molecule has 0 bridgehead atoms. The monoisotopic (exact) mass is 802 g/mol. The van der Waals surface area contributed by atoms with Crippen LogP contribution in [-0.4, -0.2) is 62.6 Å². The van der Waals surface area contributed by atoms with Crippen LogP contribution < -0.4 is 22.1 Å². The third-order valence-corrected chi connectivity index (χ3v) is 13.0. The Morgan fingerprint density at radius 3 is 1.30 bits per heavy atom. The molecular weight excluding hydrogens is 765 g/mol. The highest BCUT2D eigenvalue weighted by Crippen LogP contribution is 2.44. The molecule has 0 radical (unpaired) electrons. The number of hydrogen-bond acceptors (Lipinski definition) is 18. The average molecular weight is 803 g/mol. The molecule has 6 N–H and O–H groups in total. The molecule has 54 heavy (non-hydrogen) atoms. The standard InChI is InChI=1S/2C17H19N7OS2/c2*18-16-23-21-14(26-16)10-4-3-5-11(8-10)15-22-24-17(27-15)20-13(25)9-12-6-1-2-7-19-12/h2*1-2,6-7,10-11H,3-5,8-9H2,(H2,18,23)(H,20,24,25)/t2*10-,11-/m10/s1. The van der Waals surface area contributed by atoms with E-state index in [0.29, 0.717) is 44.2 Å². The molecule has 2 saturated carbocycles. The number of hydrogen-bond donors (Lipinski definition) is 4. The Hall–Kier alpha value is -4.92. The first-order valence-corrected chi connectivity index (χ1v) is 20.8. The molecule has 280 valence electrons. The lowest BCUT2D eigenvalue weighted by Gasteiger charge is -2.25. The van der Waals surface area contributed by atoms with Crippen LogP contribution in [0.25, 0.3) is 0 Å². The Morgan fingerprint density at radius 1 is 0.556 bits per heavy atom. The Labute approximate surface area is 326 Å². The van der Waals surface area contributed by atoms with Crippen molar-refractivity contribution in [3.8, 4) is 0 Å². The molecular formula is C34H38N14O2S4. The quantitative estimate of drug-likeness (QED) is 0.125. The van der Waals surface area contributed by atoms with Gasteiger partial charge in [0.25, 0.3) is 0 Å². The maximum atomic E-state index is 12.2. The Kier molecular flexibility index (Phi) is 12.4. The minimum Gasteiger partial charge on any atom is -0.374 e. The first-order chi connectivity index (χ1) is 26.3. The topological polar surface area (TPSA) is 239 Å². The van der Waals surface area contributed by atoms with Crippen molar-refractivity contribution in [1.29, 1.82) is 0 Å². The second-order valence-electron chi connectivity index (χ2n) is 13.1. The van der Waals surface area contributed by atoms with Crippen molar-refractivity contribution in [2.45, 2.75) is 87.9 Å². The fourth-order valence-corrected chi connectivity index (χ4v) is 9.99. The summed E-state index contributed by atoms with van der Waals surface area (Å²) in [6, 6.07) is 11.0. The molecule has 8 rings (SSSR count). The highest BCUT2D eigenvalue weighted by Gasteiger charge is 2.30. The second-order valence-corrected chi connectivity index (χ2v) is 17.2. The van der Waals surface area contributed by atoms with E-state index in [1.165, 1.54) is 45.3 Å². The van der Waals surface area contributed by atoms with E-state index in [-0.39, 0.29) is 24.7 Å². The molecule has 2 amide bonds. The van der Waals surface area contributed by atoms with Crippen LogP contribution in [0.1, 0.15) is 106 Å². The molecule has 6 heterocycles. The van der Waals surface area contributed by atoms with Crippen molar-refractivity contribution in [2.75, 3.05) is 22.1 Å². The van der Waals surface area contributed by atoms with Gasteiger partial charge in [0, 0.05) is 47.5 Å². The summed E-state index contributed by atoms with van der Waals surface area (Å²) in [6.07, 6.45) is 12.3. The zero-order chi connectivity index (χ0) is 37.3. The van der Waals surface area contributed by atoms with Crippen molar-refractivity contribution in [1.82, 2.24) is 50.8 Å². The molecule has 2 aliphatic carbocycles. The third-order valence-electron chi connectivity index (χ3n) is 9.17. The molecule has 2 aliphatic rings. The van der Waals surface area contributed by atoms with Crippen LogP contribution >= 0.6 is 45.3 Å². The minimum absolute atomic E-state index is 0.137. The number of rotatable bonds is 10. The maximum absolute atomic E-state index is 12.2. The number of carbonyl (C=O) groups excluding carboxylic acids is 2. The molecule has 0 aliphatic heterocycles. The normalized spacial score (nSPS) is 19.7. The van der Waals surface area contributed by atoms with Gasteiger partial charge < -0.3 is 22.1 Å². The number of nitrogens with two attached hydrogens (primary N) is 2. The Bertz CT molecular complexity index is 1970. The molecule has 0 spiro atoms. The zero-order valence-corrected chi connectivity index (χ0v) is 32.3. The molecule has 0 aromatic carbocycles. The summed E-state index contributed by atoms with van der Waals surface area (Å²) in [4.78, 5) is 32.7. The number of anilines is 4. The average Bonchev–Trinajstić information content (AvgIpc) is 4.02. The van der Waals surface area contributed by atoms with Crippen LogP contribution in [0, 0.1) is 0 Å². The third kappa shape index (κ3) is 10.2. The summed E-state index contributed by atoms with van der Waals surface area (Å²) in [5.41, 5.74) is 12.9. The van der Waals surface area contributed by atoms with Crippen LogP contribution in [-0.2, 0) is 22.4 Å². The fourth-order valence-electron chi connectivity index (χ4n) is 6.66. The first kappa shape index (κ1) is 37.4. The van der Waals surface area contributed by atoms with Gasteiger partial charge in [-0.05, 0) is 62.8 Å². The van der Waals surface area contributed by atoms with E-state index in [0.717, 1.165) is 82.8 Å². The van der Waals surface area contributed by atoms with Gasteiger partial charge in [-0.1, -0.05) is 70.3 Å². The van der Waals surface area contributed by atoms with E-state index in [1.807, 2.05) is 36.4 Å². The predicted octanol–water partition coefficient (Wildman–Crippen LogP) is 5.98. The number of nitrogens with one attached hydrogen (secondary N) is 2. The largest absolute Gasteiger partial charge is 0.374 e. The van der Waals surface area contributed by atoms with Gasteiger partial charge in [-0.25, -0.2) is 0 Å². The number of carbonyl (C=O) groups is 2. The van der Waals surface area contributed by atoms with Crippen molar-refractivity contribution in [3.05, 3.63) is 80.2 Å². The summed E-state index contributed by atoms with van der Waals surface area (Å²) in [7, 11) is 0. The molecule has 20 heteroatoms. The summed E-state index contributed by atoms with van der Waals surface area (Å²) in [6.45, 7) is 0. The van der Waals surface area contributed by atoms with E-state index in [9.17, 15) is 9.59 Å². The van der Waals surface area contributed by atoms with E-state index in [2.05, 4.69) is 61.4 Å². The van der Waals surface area contributed by atoms with Crippen LogP contribution in [0.4, 0.5) is 20.5 Å². The zero-order valence-electron chi connectivity index (χ0n) is 29.1. The van der Waals surface area contributed by atoms with E-state index in [4.69, 9.17) is 11.5 Å². The van der Waals surface area contributed by atoms with Crippen molar-refractivity contribution >= 4 is 77.7 Å². The van der Waals surface area contributed by atoms with Crippen molar-refractivity contribution in [2.24, 2.45) is 0 Å². The van der Waals surface area contributed by atoms with E-state index < -0.39 is 0 Å². The smallest absolute Gasteiger partial charge is 0.232 e. The molecule has 6 aromatic heterocycles. The predicted molar refractivity (Wildman–Crippen MR) is 210 cm³/mol. The van der Waals surface area contributed by atoms with Crippen molar-refractivity contribution in [3.63, 3.8) is 0 Å². The van der Waals surface area contributed by atoms with Crippen molar-refractivity contribution < 1.29 is 9.59 Å². The van der Waals surface area contributed by atoms with Gasteiger partial charge in [0.15, 0.2) is 0 Å². The van der Waals surface area contributed by atoms with Gasteiger partial charge in [0.2, 0.25) is 32.3 Å². The number of aromatic nitrogens is 10. The lowest BCUT2D eigenvalue weighted by molar-refractivity contribution is -0.116. The number of nitrogens with zero attached hydrogens (tertiary/aromatic N) is 10. The van der Waals surface area contributed by atoms with Crippen LogP contribution in [0.2, 0.25) is 0 Å². The maximum Gasteiger partial charge on any atom is 0.232 e. The highest BCUT2D eigenvalue weighted by atomic mass is 32.1. The SMILES string of the molecule is Nc1nnc([C@@H]2CCC[C@@H](c3nnc(NC(=O)Cc4ccccn4)s3)C2)s1.Nc1nnc([C@H]2CCC[C@H](c3nnc(NC(=O)Cc4ccccn4)s3)C2)s1. The summed E-state index contributed by atoms with van der Waals surface area (Å²) >= 11 is 5.83. The fraction of sp³-hybridized carbons (Fsp3) is 0.412. The van der Waals surface area contributed by atoms with Crippen LogP contribution in [0.5, 0.6) is 0 Å². The van der Waals surface area contributed by atoms with Gasteiger partial charge in [0.05, 0.1) is 12.8 Å². The molecule has 4 atom stereocenters.